The molecule has 2 amide bonds. The number of fused-ring (bicyclic) bond motifs is 2. The van der Waals surface area contributed by atoms with Crippen LogP contribution in [0.2, 0.25) is 4.34 Å². The molecule has 18 heteroatoms. The van der Waals surface area contributed by atoms with E-state index in [1.807, 2.05) is 42.2 Å². The number of carbonyl (C=O) groups is 4. The van der Waals surface area contributed by atoms with Crippen molar-refractivity contribution >= 4 is 80.3 Å². The molecule has 3 aromatic heterocycles. The molecule has 5 N–H and O–H groups in total. The highest BCUT2D eigenvalue weighted by molar-refractivity contribution is 8.00. The lowest BCUT2D eigenvalue weighted by atomic mass is 10.0. The Kier molecular flexibility index (Phi) is 8.66. The van der Waals surface area contributed by atoms with Gasteiger partial charge in [-0.05, 0) is 26.1 Å². The zero-order chi connectivity index (χ0) is 32.7. The molecule has 2 atom stereocenters. The summed E-state index contributed by atoms with van der Waals surface area (Å²) < 4.78 is 4.08. The van der Waals surface area contributed by atoms with Gasteiger partial charge in [-0.25, -0.2) is 9.78 Å². The summed E-state index contributed by atoms with van der Waals surface area (Å²) in [6.07, 6.45) is 5.17. The first-order valence-electron chi connectivity index (χ1n) is 14.3. The van der Waals surface area contributed by atoms with E-state index in [0.29, 0.717) is 5.57 Å². The fourth-order valence-corrected chi connectivity index (χ4v) is 7.69. The topological polar surface area (TPSA) is 208 Å². The van der Waals surface area contributed by atoms with E-state index >= 15 is 0 Å². The Morgan fingerprint density at radius 1 is 1.35 bits per heavy atom. The molecule has 15 nitrogen and oxygen atoms in total. The number of carboxylic acid groups (broad SMARTS) is 2. The number of oxime groups is 1. The van der Waals surface area contributed by atoms with Gasteiger partial charge in [0.2, 0.25) is 11.1 Å². The van der Waals surface area contributed by atoms with E-state index < -0.39 is 46.5 Å². The summed E-state index contributed by atoms with van der Waals surface area (Å²) >= 11 is 8.39. The number of aryl methyl sites for hydroxylation is 1. The predicted octanol–water partition coefficient (Wildman–Crippen LogP) is -0.328. The minimum absolute atomic E-state index is 0.0106. The normalized spacial score (nSPS) is 20.3. The van der Waals surface area contributed by atoms with Crippen LogP contribution in [-0.2, 0) is 37.1 Å². The first-order valence-corrected chi connectivity index (χ1v) is 16.5. The van der Waals surface area contributed by atoms with E-state index in [4.69, 9.17) is 22.2 Å². The van der Waals surface area contributed by atoms with Crippen LogP contribution >= 0.6 is 34.7 Å². The van der Waals surface area contributed by atoms with Gasteiger partial charge in [-0.3, -0.25) is 14.5 Å². The first kappa shape index (κ1) is 31.8. The fraction of sp³-hybridized carbons (Fsp3) is 0.393. The van der Waals surface area contributed by atoms with E-state index in [2.05, 4.69) is 25.3 Å². The van der Waals surface area contributed by atoms with Crippen molar-refractivity contribution in [1.29, 1.82) is 0 Å². The molecule has 2 fully saturated rings. The number of aromatic nitrogens is 3. The third kappa shape index (κ3) is 5.78. The summed E-state index contributed by atoms with van der Waals surface area (Å²) in [5.74, 6) is -4.06. The fourth-order valence-electron chi connectivity index (χ4n) is 5.43. The number of carbonyl (C=O) groups excluding carboxylic acids is 3. The number of nitrogen functional groups attached to an aromatic ring is 1. The highest BCUT2D eigenvalue weighted by Crippen LogP contribution is 2.41. The average Bonchev–Trinajstić information content (AvgIpc) is 3.60. The van der Waals surface area contributed by atoms with Crippen LogP contribution in [0.1, 0.15) is 25.0 Å². The third-order valence-corrected chi connectivity index (χ3v) is 10.4. The predicted molar refractivity (Wildman–Crippen MR) is 166 cm³/mol. The lowest BCUT2D eigenvalue weighted by Crippen LogP contribution is -2.71. The Labute approximate surface area is 275 Å². The number of halogens is 1. The smallest absolute Gasteiger partial charge is 0.350 e. The largest absolute Gasteiger partial charge is 0.543 e. The maximum atomic E-state index is 13.4. The lowest BCUT2D eigenvalue weighted by Gasteiger charge is -2.50. The quantitative estimate of drug-likeness (QED) is 0.0601. The third-order valence-electron chi connectivity index (χ3n) is 7.98. The molecule has 46 heavy (non-hydrogen) atoms. The average molecular weight is 689 g/mol. The van der Waals surface area contributed by atoms with Crippen molar-refractivity contribution in [2.45, 2.75) is 49.4 Å². The molecular weight excluding hydrogens is 660 g/mol. The van der Waals surface area contributed by atoms with Gasteiger partial charge >= 0.3 is 5.97 Å². The second kappa shape index (κ2) is 12.5. The minimum atomic E-state index is -1.57. The monoisotopic (exact) mass is 688 g/mol. The van der Waals surface area contributed by atoms with Gasteiger partial charge < -0.3 is 40.8 Å². The van der Waals surface area contributed by atoms with Crippen molar-refractivity contribution < 1.29 is 38.8 Å². The molecule has 3 aliphatic rings. The highest BCUT2D eigenvalue weighted by Gasteiger charge is 2.55. The maximum Gasteiger partial charge on any atom is 0.350 e. The number of thioether (sulfide) groups is 1. The summed E-state index contributed by atoms with van der Waals surface area (Å²) in [6.45, 7) is 1.90. The van der Waals surface area contributed by atoms with E-state index in [1.165, 1.54) is 11.8 Å². The molecule has 1 saturated carbocycles. The van der Waals surface area contributed by atoms with Crippen molar-refractivity contribution in [3.63, 3.8) is 0 Å². The van der Waals surface area contributed by atoms with E-state index in [1.54, 1.807) is 0 Å². The second-order valence-electron chi connectivity index (χ2n) is 11.0. The second-order valence-corrected chi connectivity index (χ2v) is 13.7. The van der Waals surface area contributed by atoms with Gasteiger partial charge in [0.15, 0.2) is 23.6 Å². The Balaban J connectivity index is 1.22. The number of β-lactam (4-membered cyclic amide) rings is 1. The van der Waals surface area contributed by atoms with Crippen LogP contribution < -0.4 is 26.0 Å². The molecule has 5 heterocycles. The Morgan fingerprint density at radius 3 is 2.78 bits per heavy atom. The van der Waals surface area contributed by atoms with Crippen molar-refractivity contribution in [1.82, 2.24) is 25.1 Å². The van der Waals surface area contributed by atoms with Crippen LogP contribution in [0.5, 0.6) is 0 Å². The number of anilines is 1. The van der Waals surface area contributed by atoms with Gasteiger partial charge in [-0.1, -0.05) is 28.1 Å². The van der Waals surface area contributed by atoms with Crippen molar-refractivity contribution in [3.8, 4) is 0 Å². The van der Waals surface area contributed by atoms with Crippen molar-refractivity contribution in [2.24, 2.45) is 5.16 Å². The number of nitrogens with one attached hydrogen (secondary N) is 2. The number of amides is 2. The molecule has 0 unspecified atom stereocenters. The summed E-state index contributed by atoms with van der Waals surface area (Å²) in [7, 11) is 1.90. The SMILES string of the molecule is CNCCCn1ccc2c1ccc[n+]2CC1=C(C(=O)[O-])N2C(=O)[C@@H](NC(=O)/C(=N\OC3(C(=O)O)CC3)c3nc(N)sc3Cl)[C@H]2SC1. The molecule has 1 saturated heterocycles. The number of hydrogen-bond acceptors (Lipinski definition) is 12. The molecule has 0 aromatic carbocycles. The summed E-state index contributed by atoms with van der Waals surface area (Å²) in [5, 5.41) is 30.6. The molecule has 242 valence electrons. The van der Waals surface area contributed by atoms with Gasteiger partial charge in [-0.2, -0.15) is 4.57 Å². The van der Waals surface area contributed by atoms with Crippen molar-refractivity contribution in [3.05, 3.63) is 51.9 Å². The number of hydrogen-bond donors (Lipinski definition) is 4. The van der Waals surface area contributed by atoms with Crippen LogP contribution in [0.4, 0.5) is 5.13 Å². The minimum Gasteiger partial charge on any atom is -0.543 e. The van der Waals surface area contributed by atoms with E-state index in [-0.39, 0.29) is 46.0 Å². The van der Waals surface area contributed by atoms with Gasteiger partial charge in [-0.15, -0.1) is 11.8 Å². The van der Waals surface area contributed by atoms with E-state index in [0.717, 1.165) is 46.8 Å². The van der Waals surface area contributed by atoms with Crippen molar-refractivity contribution in [2.75, 3.05) is 25.1 Å². The number of thiazole rings is 1. The first-order chi connectivity index (χ1) is 22.0. The standard InChI is InChI=1S/C28H29ClN8O7S2/c1-31-8-3-10-35-11-5-16-15(35)4-2-9-36(16)12-14-13-45-24-19(23(39)37(24)20(14)25(40)41)32-22(38)18(17-21(29)46-27(30)33-17)34-44-28(6-7-28)26(42)43/h2,4-5,9,11,19,24,31H,3,6-8,10,12-13H2,1H3,(H4-,30,32,33,38,40,41,42,43)/b34-18-/t19-,24-/m1/s1. The number of rotatable bonds is 13. The van der Waals surface area contributed by atoms with Crippen LogP contribution in [0.3, 0.4) is 0 Å². The Bertz CT molecular complexity index is 1820. The van der Waals surface area contributed by atoms with Crippen LogP contribution in [-0.4, -0.2) is 85.4 Å². The number of aliphatic carboxylic acids is 2. The number of nitrogens with zero attached hydrogens (tertiary/aromatic N) is 5. The molecule has 6 rings (SSSR count). The van der Waals surface area contributed by atoms with E-state index in [9.17, 15) is 29.4 Å². The molecule has 0 bridgehead atoms. The number of pyridine rings is 1. The van der Waals surface area contributed by atoms with Crippen LogP contribution in [0.25, 0.3) is 11.0 Å². The molecule has 0 radical (unpaired) electrons. The summed E-state index contributed by atoms with van der Waals surface area (Å²) in [6, 6.07) is 4.74. The highest BCUT2D eigenvalue weighted by atomic mass is 35.5. The molecular formula is C28H29ClN8O7S2. The summed E-state index contributed by atoms with van der Waals surface area (Å²) in [5.41, 5.74) is 5.74. The van der Waals surface area contributed by atoms with Gasteiger partial charge in [0, 0.05) is 49.0 Å². The summed E-state index contributed by atoms with van der Waals surface area (Å²) in [4.78, 5) is 61.2. The molecule has 0 spiro atoms. The Hall–Kier alpha value is -4.19. The number of carboxylic acids is 2. The van der Waals surface area contributed by atoms with Gasteiger partial charge in [0.1, 0.15) is 27.0 Å². The Morgan fingerprint density at radius 2 is 2.13 bits per heavy atom. The molecule has 3 aromatic rings. The van der Waals surface area contributed by atoms with Gasteiger partial charge in [0.05, 0.1) is 11.7 Å². The van der Waals surface area contributed by atoms with Crippen LogP contribution in [0, 0.1) is 0 Å². The zero-order valence-electron chi connectivity index (χ0n) is 24.4. The molecule has 2 aliphatic heterocycles. The number of nitrogens with two attached hydrogens (primary N) is 1. The van der Waals surface area contributed by atoms with Crippen LogP contribution in [0.15, 0.2) is 47.0 Å². The van der Waals surface area contributed by atoms with Gasteiger partial charge in [0.25, 0.3) is 11.8 Å². The lowest BCUT2D eigenvalue weighted by molar-refractivity contribution is -0.663. The maximum absolute atomic E-state index is 13.4. The molecule has 1 aliphatic carbocycles. The zero-order valence-corrected chi connectivity index (χ0v) is 26.8.